The normalized spacial score (nSPS) is 13.7. The lowest BCUT2D eigenvalue weighted by Crippen LogP contribution is -2.35. The van der Waals surface area contributed by atoms with Gasteiger partial charge in [0.1, 0.15) is 5.76 Å². The van der Waals surface area contributed by atoms with Crippen molar-refractivity contribution in [2.45, 2.75) is 27.3 Å². The number of rotatable bonds is 5. The van der Waals surface area contributed by atoms with Crippen LogP contribution in [0.5, 0.6) is 0 Å². The molecule has 0 saturated carbocycles. The number of nitrogens with zero attached hydrogens (tertiary/aromatic N) is 1. The first kappa shape index (κ1) is 21.0. The highest BCUT2D eigenvalue weighted by molar-refractivity contribution is 6.06. The van der Waals surface area contributed by atoms with Gasteiger partial charge >= 0.3 is 6.03 Å². The average molecular weight is 357 g/mol. The van der Waals surface area contributed by atoms with Crippen molar-refractivity contribution >= 4 is 23.3 Å². The Morgan fingerprint density at radius 2 is 2.08 bits per heavy atom. The van der Waals surface area contributed by atoms with Crippen molar-refractivity contribution in [3.05, 3.63) is 59.9 Å². The third kappa shape index (κ3) is 5.24. The van der Waals surface area contributed by atoms with Crippen molar-refractivity contribution in [1.82, 2.24) is 4.90 Å². The predicted molar refractivity (Wildman–Crippen MR) is 106 cm³/mol. The number of carbonyl (C=O) groups excluding carboxylic acids is 2. The second kappa shape index (κ2) is 10.1. The molecule has 1 aromatic rings. The summed E-state index contributed by atoms with van der Waals surface area (Å²) >= 11 is 0. The van der Waals surface area contributed by atoms with E-state index in [0.717, 1.165) is 11.3 Å². The molecule has 6 nitrogen and oxygen atoms in total. The van der Waals surface area contributed by atoms with E-state index in [0.29, 0.717) is 23.6 Å². The Hall–Kier alpha value is -3.02. The molecule has 0 atom stereocenters. The topological polar surface area (TPSA) is 70.7 Å². The minimum absolute atomic E-state index is 0.144. The van der Waals surface area contributed by atoms with Crippen molar-refractivity contribution in [3.63, 3.8) is 0 Å². The van der Waals surface area contributed by atoms with Gasteiger partial charge in [-0.3, -0.25) is 4.79 Å². The van der Waals surface area contributed by atoms with Crippen LogP contribution in [0.4, 0.5) is 16.2 Å². The monoisotopic (exact) mass is 357 g/mol. The van der Waals surface area contributed by atoms with E-state index in [2.05, 4.69) is 17.2 Å². The Morgan fingerprint density at radius 1 is 1.38 bits per heavy atom. The van der Waals surface area contributed by atoms with E-state index in [4.69, 9.17) is 4.74 Å². The summed E-state index contributed by atoms with van der Waals surface area (Å²) in [7, 11) is 3.23. The number of amides is 3. The fourth-order valence-corrected chi connectivity index (χ4v) is 2.29. The molecule has 0 aliphatic carbocycles. The quantitative estimate of drug-likeness (QED) is 0.469. The smallest absolute Gasteiger partial charge is 0.321 e. The number of fused-ring (bicyclic) bond motifs is 1. The summed E-state index contributed by atoms with van der Waals surface area (Å²) in [4.78, 5) is 25.7. The number of ether oxygens (including phenoxy) is 1. The number of urea groups is 1. The molecule has 0 aromatic heterocycles. The first-order valence-corrected chi connectivity index (χ1v) is 8.46. The zero-order valence-electron chi connectivity index (χ0n) is 16.1. The van der Waals surface area contributed by atoms with Crippen LogP contribution in [-0.4, -0.2) is 31.0 Å². The summed E-state index contributed by atoms with van der Waals surface area (Å²) in [5.41, 5.74) is 2.76. The number of anilines is 2. The molecule has 2 rings (SSSR count). The largest absolute Gasteiger partial charge is 0.501 e. The highest BCUT2D eigenvalue weighted by Gasteiger charge is 2.20. The summed E-state index contributed by atoms with van der Waals surface area (Å²) in [6.45, 7) is 9.81. The molecule has 3 amide bonds. The predicted octanol–water partition coefficient (Wildman–Crippen LogP) is 4.29. The molecule has 1 aromatic carbocycles. The lowest BCUT2D eigenvalue weighted by atomic mass is 10.1. The summed E-state index contributed by atoms with van der Waals surface area (Å²) in [6, 6.07) is 5.23. The van der Waals surface area contributed by atoms with Gasteiger partial charge in [-0.15, -0.1) is 0 Å². The zero-order chi connectivity index (χ0) is 19.7. The second-order valence-corrected chi connectivity index (χ2v) is 5.38. The molecule has 0 unspecified atom stereocenters. The molecule has 26 heavy (non-hydrogen) atoms. The summed E-state index contributed by atoms with van der Waals surface area (Å²) in [5.74, 6) is 0.233. The highest BCUT2D eigenvalue weighted by atomic mass is 16.5. The van der Waals surface area contributed by atoms with E-state index < -0.39 is 0 Å². The fraction of sp³-hybridized carbons (Fsp3) is 0.300. The van der Waals surface area contributed by atoms with Gasteiger partial charge in [0.15, 0.2) is 0 Å². The maximum atomic E-state index is 12.5. The van der Waals surface area contributed by atoms with Crippen LogP contribution in [0.2, 0.25) is 0 Å². The molecule has 0 bridgehead atoms. The molecule has 140 valence electrons. The molecular weight excluding hydrogens is 330 g/mol. The number of hydrogen-bond donors (Lipinski definition) is 2. The highest BCUT2D eigenvalue weighted by Crippen LogP contribution is 2.26. The SMILES string of the molecule is C=C/C=C\C(C(=O)Nc1ccc2c(c1)CN(C)C(=O)N2)=C(/C)OC.CC. The second-order valence-electron chi connectivity index (χ2n) is 5.38. The molecule has 0 saturated heterocycles. The molecule has 0 fully saturated rings. The van der Waals surface area contributed by atoms with Crippen LogP contribution >= 0.6 is 0 Å². The molecule has 1 aliphatic heterocycles. The summed E-state index contributed by atoms with van der Waals surface area (Å²) in [6.07, 6.45) is 4.91. The van der Waals surface area contributed by atoms with Crippen LogP contribution in [0.15, 0.2) is 54.3 Å². The van der Waals surface area contributed by atoms with Gasteiger partial charge in [-0.25, -0.2) is 4.79 Å². The van der Waals surface area contributed by atoms with Crippen LogP contribution in [-0.2, 0) is 16.1 Å². The summed E-state index contributed by atoms with van der Waals surface area (Å²) in [5, 5.41) is 5.64. The third-order valence-electron chi connectivity index (χ3n) is 3.69. The zero-order valence-corrected chi connectivity index (χ0v) is 16.1. The van der Waals surface area contributed by atoms with Gasteiger partial charge in [0.25, 0.3) is 5.91 Å². The molecule has 2 N–H and O–H groups in total. The van der Waals surface area contributed by atoms with Crippen LogP contribution in [0.1, 0.15) is 26.3 Å². The average Bonchev–Trinajstić information content (AvgIpc) is 2.64. The molecular formula is C20H27N3O3. The van der Waals surface area contributed by atoms with Gasteiger partial charge in [0.2, 0.25) is 0 Å². The molecule has 0 spiro atoms. The standard InChI is InChI=1S/C18H21N3O3.C2H6/c1-5-6-7-15(12(2)24-4)17(22)19-14-8-9-16-13(10-14)11-21(3)18(23)20-16;1-2/h5-10H,1,11H2,2-4H3,(H,19,22)(H,20,23);1-2H3/b7-6-,15-12-;. The first-order valence-electron chi connectivity index (χ1n) is 8.46. The van der Waals surface area contributed by atoms with Crippen molar-refractivity contribution < 1.29 is 14.3 Å². The Morgan fingerprint density at radius 3 is 2.69 bits per heavy atom. The van der Waals surface area contributed by atoms with Crippen molar-refractivity contribution in [1.29, 1.82) is 0 Å². The van der Waals surface area contributed by atoms with Crippen LogP contribution in [0.3, 0.4) is 0 Å². The van der Waals surface area contributed by atoms with Crippen LogP contribution < -0.4 is 10.6 Å². The van der Waals surface area contributed by atoms with Gasteiger partial charge in [0.05, 0.1) is 12.7 Å². The van der Waals surface area contributed by atoms with E-state index in [9.17, 15) is 9.59 Å². The molecule has 1 heterocycles. The van der Waals surface area contributed by atoms with Gasteiger partial charge in [-0.05, 0) is 36.8 Å². The summed E-state index contributed by atoms with van der Waals surface area (Å²) < 4.78 is 5.16. The lowest BCUT2D eigenvalue weighted by Gasteiger charge is -2.26. The number of nitrogens with one attached hydrogen (secondary N) is 2. The third-order valence-corrected chi connectivity index (χ3v) is 3.69. The number of benzene rings is 1. The fourth-order valence-electron chi connectivity index (χ4n) is 2.29. The molecule has 6 heteroatoms. The van der Waals surface area contributed by atoms with Crippen LogP contribution in [0.25, 0.3) is 0 Å². The van der Waals surface area contributed by atoms with Crippen molar-refractivity contribution in [2.24, 2.45) is 0 Å². The molecule has 0 radical (unpaired) electrons. The van der Waals surface area contributed by atoms with Crippen molar-refractivity contribution in [2.75, 3.05) is 24.8 Å². The molecule has 1 aliphatic rings. The minimum Gasteiger partial charge on any atom is -0.501 e. The Balaban J connectivity index is 0.00000163. The Bertz CT molecular complexity index is 736. The van der Waals surface area contributed by atoms with E-state index in [1.54, 1.807) is 49.2 Å². The first-order chi connectivity index (χ1) is 12.5. The number of carbonyl (C=O) groups is 2. The van der Waals surface area contributed by atoms with E-state index in [-0.39, 0.29) is 11.9 Å². The Labute approximate surface area is 155 Å². The Kier molecular flexibility index (Phi) is 8.15. The maximum absolute atomic E-state index is 12.5. The minimum atomic E-state index is -0.277. The van der Waals surface area contributed by atoms with Crippen molar-refractivity contribution in [3.8, 4) is 0 Å². The number of methoxy groups -OCH3 is 1. The lowest BCUT2D eigenvalue weighted by molar-refractivity contribution is -0.112. The van der Waals surface area contributed by atoms with Gasteiger partial charge in [0, 0.05) is 25.0 Å². The van der Waals surface area contributed by atoms with E-state index in [1.165, 1.54) is 7.11 Å². The van der Waals surface area contributed by atoms with Gasteiger partial charge in [-0.2, -0.15) is 0 Å². The van der Waals surface area contributed by atoms with Gasteiger partial charge in [-0.1, -0.05) is 32.6 Å². The van der Waals surface area contributed by atoms with Crippen LogP contribution in [0, 0.1) is 0 Å². The maximum Gasteiger partial charge on any atom is 0.321 e. The van der Waals surface area contributed by atoms with E-state index >= 15 is 0 Å². The van der Waals surface area contributed by atoms with E-state index in [1.807, 2.05) is 19.9 Å². The van der Waals surface area contributed by atoms with Gasteiger partial charge < -0.3 is 20.3 Å². The number of hydrogen-bond acceptors (Lipinski definition) is 3. The number of allylic oxidation sites excluding steroid dienone is 3.